The number of likely N-dealkylation sites (tertiary alicyclic amines) is 1. The van der Waals surface area contributed by atoms with E-state index in [2.05, 4.69) is 24.0 Å². The van der Waals surface area contributed by atoms with Crippen molar-refractivity contribution in [2.24, 2.45) is 5.92 Å². The summed E-state index contributed by atoms with van der Waals surface area (Å²) < 4.78 is 5.53. The first-order valence-electron chi connectivity index (χ1n) is 8.15. The molecule has 0 spiro atoms. The van der Waals surface area contributed by atoms with Gasteiger partial charge >= 0.3 is 0 Å². The van der Waals surface area contributed by atoms with Gasteiger partial charge in [0.05, 0.1) is 5.41 Å². The number of amides is 1. The highest BCUT2D eigenvalue weighted by molar-refractivity contribution is 5.88. The van der Waals surface area contributed by atoms with E-state index in [-0.39, 0.29) is 5.41 Å². The van der Waals surface area contributed by atoms with Crippen LogP contribution in [0.4, 0.5) is 0 Å². The molecule has 1 unspecified atom stereocenters. The summed E-state index contributed by atoms with van der Waals surface area (Å²) in [4.78, 5) is 15.4. The van der Waals surface area contributed by atoms with E-state index in [0.29, 0.717) is 25.0 Å². The molecule has 1 aromatic carbocycles. The highest BCUT2D eigenvalue weighted by atomic mass is 16.5. The van der Waals surface area contributed by atoms with Crippen molar-refractivity contribution in [1.82, 2.24) is 4.90 Å². The third-order valence-electron chi connectivity index (χ3n) is 5.03. The van der Waals surface area contributed by atoms with Gasteiger partial charge in [0.1, 0.15) is 0 Å². The Morgan fingerprint density at radius 1 is 1.24 bits per heavy atom. The van der Waals surface area contributed by atoms with Crippen LogP contribution in [0.2, 0.25) is 0 Å². The third-order valence-corrected chi connectivity index (χ3v) is 5.03. The first-order valence-corrected chi connectivity index (χ1v) is 8.15. The van der Waals surface area contributed by atoms with Crippen molar-refractivity contribution in [3.63, 3.8) is 0 Å². The van der Waals surface area contributed by atoms with E-state index in [4.69, 9.17) is 4.74 Å². The van der Waals surface area contributed by atoms with Crippen LogP contribution in [0.15, 0.2) is 30.3 Å². The van der Waals surface area contributed by atoms with Gasteiger partial charge in [-0.2, -0.15) is 0 Å². The Morgan fingerprint density at radius 3 is 2.62 bits per heavy atom. The number of rotatable bonds is 2. The van der Waals surface area contributed by atoms with Gasteiger partial charge in [-0.05, 0) is 37.2 Å². The Balaban J connectivity index is 1.90. The molecule has 2 aliphatic rings. The molecule has 2 saturated heterocycles. The normalized spacial score (nSPS) is 25.6. The molecule has 0 aromatic heterocycles. The van der Waals surface area contributed by atoms with Gasteiger partial charge in [0, 0.05) is 26.3 Å². The number of nitrogens with zero attached hydrogens (tertiary/aromatic N) is 1. The molecule has 2 aliphatic heterocycles. The minimum atomic E-state index is -0.365. The Hall–Kier alpha value is -1.35. The zero-order valence-electron chi connectivity index (χ0n) is 12.9. The molecular formula is C18H25NO2. The molecule has 114 valence electrons. The van der Waals surface area contributed by atoms with Crippen LogP contribution >= 0.6 is 0 Å². The predicted octanol–water partition coefficient (Wildman–Crippen LogP) is 2.99. The lowest BCUT2D eigenvalue weighted by molar-refractivity contribution is -0.143. The van der Waals surface area contributed by atoms with E-state index in [1.165, 1.54) is 6.42 Å². The second-order valence-electron chi connectivity index (χ2n) is 6.56. The van der Waals surface area contributed by atoms with Crippen molar-refractivity contribution in [2.45, 2.75) is 38.0 Å². The van der Waals surface area contributed by atoms with E-state index >= 15 is 0 Å². The van der Waals surface area contributed by atoms with Crippen LogP contribution in [0.25, 0.3) is 0 Å². The average molecular weight is 287 g/mol. The largest absolute Gasteiger partial charge is 0.381 e. The molecule has 0 N–H and O–H groups in total. The smallest absolute Gasteiger partial charge is 0.233 e. The quantitative estimate of drug-likeness (QED) is 0.837. The number of piperidine rings is 1. The molecule has 0 saturated carbocycles. The molecule has 21 heavy (non-hydrogen) atoms. The number of carbonyl (C=O) groups is 1. The number of benzene rings is 1. The summed E-state index contributed by atoms with van der Waals surface area (Å²) in [6.45, 7) is 5.44. The SMILES string of the molecule is CC1CCCN(C(=O)C2(c3ccccc3)CCOCC2)C1. The number of hydrogen-bond donors (Lipinski definition) is 0. The van der Waals surface area contributed by atoms with Crippen molar-refractivity contribution < 1.29 is 9.53 Å². The van der Waals surface area contributed by atoms with E-state index in [0.717, 1.165) is 37.9 Å². The topological polar surface area (TPSA) is 29.5 Å². The molecule has 3 rings (SSSR count). The molecule has 0 radical (unpaired) electrons. The molecule has 0 bridgehead atoms. The molecule has 0 aliphatic carbocycles. The Labute approximate surface area is 127 Å². The first kappa shape index (κ1) is 14.6. The molecule has 3 heteroatoms. The zero-order chi connectivity index (χ0) is 14.7. The molecule has 1 amide bonds. The van der Waals surface area contributed by atoms with Crippen molar-refractivity contribution >= 4 is 5.91 Å². The Bertz CT molecular complexity index is 479. The first-order chi connectivity index (χ1) is 10.2. The summed E-state index contributed by atoms with van der Waals surface area (Å²) >= 11 is 0. The van der Waals surface area contributed by atoms with Crippen molar-refractivity contribution in [2.75, 3.05) is 26.3 Å². The van der Waals surface area contributed by atoms with Crippen LogP contribution < -0.4 is 0 Å². The van der Waals surface area contributed by atoms with E-state index in [1.807, 2.05) is 18.2 Å². The fourth-order valence-corrected chi connectivity index (χ4v) is 3.78. The van der Waals surface area contributed by atoms with Gasteiger partial charge in [-0.15, -0.1) is 0 Å². The van der Waals surface area contributed by atoms with Gasteiger partial charge in [0.15, 0.2) is 0 Å². The maximum Gasteiger partial charge on any atom is 0.233 e. The standard InChI is InChI=1S/C18H25NO2/c1-15-6-5-11-19(14-15)17(20)18(9-12-21-13-10-18)16-7-3-2-4-8-16/h2-4,7-8,15H,5-6,9-14H2,1H3. The molecular weight excluding hydrogens is 262 g/mol. The summed E-state index contributed by atoms with van der Waals surface area (Å²) in [5.41, 5.74) is 0.799. The van der Waals surface area contributed by atoms with Crippen LogP contribution in [-0.4, -0.2) is 37.1 Å². The molecule has 1 atom stereocenters. The monoisotopic (exact) mass is 287 g/mol. The Kier molecular flexibility index (Phi) is 4.29. The van der Waals surface area contributed by atoms with E-state index < -0.39 is 0 Å². The second-order valence-corrected chi connectivity index (χ2v) is 6.56. The Morgan fingerprint density at radius 2 is 1.95 bits per heavy atom. The fraction of sp³-hybridized carbons (Fsp3) is 0.611. The predicted molar refractivity (Wildman–Crippen MR) is 83.2 cm³/mol. The van der Waals surface area contributed by atoms with Gasteiger partial charge in [-0.25, -0.2) is 0 Å². The van der Waals surface area contributed by atoms with Gasteiger partial charge in [0.25, 0.3) is 0 Å². The maximum absolute atomic E-state index is 13.3. The van der Waals surface area contributed by atoms with Gasteiger partial charge in [0.2, 0.25) is 5.91 Å². The van der Waals surface area contributed by atoms with Crippen LogP contribution in [0.1, 0.15) is 38.2 Å². The van der Waals surface area contributed by atoms with E-state index in [9.17, 15) is 4.79 Å². The van der Waals surface area contributed by atoms with Crippen LogP contribution in [0, 0.1) is 5.92 Å². The van der Waals surface area contributed by atoms with Crippen molar-refractivity contribution in [3.8, 4) is 0 Å². The number of hydrogen-bond acceptors (Lipinski definition) is 2. The van der Waals surface area contributed by atoms with E-state index in [1.54, 1.807) is 0 Å². The summed E-state index contributed by atoms with van der Waals surface area (Å²) in [6.07, 6.45) is 3.99. The molecule has 3 nitrogen and oxygen atoms in total. The van der Waals surface area contributed by atoms with Gasteiger partial charge < -0.3 is 9.64 Å². The van der Waals surface area contributed by atoms with Crippen LogP contribution in [0.5, 0.6) is 0 Å². The lowest BCUT2D eigenvalue weighted by atomic mass is 9.72. The lowest BCUT2D eigenvalue weighted by Gasteiger charge is -2.42. The minimum Gasteiger partial charge on any atom is -0.381 e. The van der Waals surface area contributed by atoms with Crippen LogP contribution in [0.3, 0.4) is 0 Å². The molecule has 2 fully saturated rings. The van der Waals surface area contributed by atoms with Crippen molar-refractivity contribution in [3.05, 3.63) is 35.9 Å². The van der Waals surface area contributed by atoms with Gasteiger partial charge in [-0.3, -0.25) is 4.79 Å². The molecule has 2 heterocycles. The zero-order valence-corrected chi connectivity index (χ0v) is 12.9. The third kappa shape index (κ3) is 2.84. The summed E-state index contributed by atoms with van der Waals surface area (Å²) in [5, 5.41) is 0. The number of carbonyl (C=O) groups excluding carboxylic acids is 1. The summed E-state index contributed by atoms with van der Waals surface area (Å²) in [7, 11) is 0. The number of ether oxygens (including phenoxy) is 1. The lowest BCUT2D eigenvalue weighted by Crippen LogP contribution is -2.52. The average Bonchev–Trinajstić information content (AvgIpc) is 2.55. The maximum atomic E-state index is 13.3. The van der Waals surface area contributed by atoms with Crippen LogP contribution in [-0.2, 0) is 14.9 Å². The molecule has 1 aromatic rings. The highest BCUT2D eigenvalue weighted by Gasteiger charge is 2.44. The van der Waals surface area contributed by atoms with Crippen molar-refractivity contribution in [1.29, 1.82) is 0 Å². The highest BCUT2D eigenvalue weighted by Crippen LogP contribution is 2.37. The second kappa shape index (κ2) is 6.18. The fourth-order valence-electron chi connectivity index (χ4n) is 3.78. The minimum absolute atomic E-state index is 0.323. The summed E-state index contributed by atoms with van der Waals surface area (Å²) in [6, 6.07) is 10.3. The summed E-state index contributed by atoms with van der Waals surface area (Å²) in [5.74, 6) is 0.943. The van der Waals surface area contributed by atoms with Gasteiger partial charge in [-0.1, -0.05) is 37.3 Å².